The minimum atomic E-state index is -0.900. The number of carboxylic acid groups (broad SMARTS) is 1. The van der Waals surface area contributed by atoms with Crippen LogP contribution < -0.4 is 0 Å². The highest BCUT2D eigenvalue weighted by Crippen LogP contribution is 2.34. The molecule has 3 nitrogen and oxygen atoms in total. The van der Waals surface area contributed by atoms with Gasteiger partial charge in [0.25, 0.3) is 0 Å². The van der Waals surface area contributed by atoms with E-state index in [0.29, 0.717) is 0 Å². The zero-order valence-electron chi connectivity index (χ0n) is 10.6. The summed E-state index contributed by atoms with van der Waals surface area (Å²) in [5.74, 6) is -0.900. The molecule has 0 fully saturated rings. The van der Waals surface area contributed by atoms with Gasteiger partial charge in [-0.1, -0.05) is 19.9 Å². The Labute approximate surface area is 97.5 Å². The van der Waals surface area contributed by atoms with Crippen LogP contribution >= 0.6 is 0 Å². The first kappa shape index (κ1) is 13.2. The monoisotopic (exact) mass is 226 g/mol. The molecule has 2 atom stereocenters. The van der Waals surface area contributed by atoms with Gasteiger partial charge in [0.15, 0.2) is 6.10 Å². The molecular weight excluding hydrogens is 204 g/mol. The minimum Gasteiger partial charge on any atom is -0.479 e. The lowest BCUT2D eigenvalue weighted by molar-refractivity contribution is -0.151. The maximum atomic E-state index is 10.7. The molecule has 16 heavy (non-hydrogen) atoms. The first-order valence-electron chi connectivity index (χ1n) is 5.92. The molecule has 3 heteroatoms. The first-order chi connectivity index (χ1) is 7.32. The predicted molar refractivity (Wildman–Crippen MR) is 63.4 cm³/mol. The zero-order valence-corrected chi connectivity index (χ0v) is 10.6. The van der Waals surface area contributed by atoms with Crippen molar-refractivity contribution in [3.8, 4) is 0 Å². The molecule has 0 aromatic heterocycles. The average molecular weight is 226 g/mol. The molecule has 0 radical (unpaired) electrons. The van der Waals surface area contributed by atoms with Gasteiger partial charge >= 0.3 is 5.97 Å². The van der Waals surface area contributed by atoms with Crippen molar-refractivity contribution in [3.63, 3.8) is 0 Å². The van der Waals surface area contributed by atoms with Crippen LogP contribution in [0.3, 0.4) is 0 Å². The zero-order chi connectivity index (χ0) is 12.3. The van der Waals surface area contributed by atoms with E-state index in [0.717, 1.165) is 12.8 Å². The van der Waals surface area contributed by atoms with Crippen LogP contribution in [0.4, 0.5) is 0 Å². The number of ether oxygens (including phenoxy) is 1. The lowest BCUT2D eigenvalue weighted by Gasteiger charge is -2.30. The number of aliphatic carboxylic acids is 1. The van der Waals surface area contributed by atoms with Gasteiger partial charge in [0.05, 0.1) is 6.10 Å². The quantitative estimate of drug-likeness (QED) is 0.749. The molecule has 92 valence electrons. The fourth-order valence-electron chi connectivity index (χ4n) is 2.17. The average Bonchev–Trinajstić information content (AvgIpc) is 2.15. The van der Waals surface area contributed by atoms with E-state index in [1.54, 1.807) is 6.92 Å². The lowest BCUT2D eigenvalue weighted by atomic mass is 9.78. The summed E-state index contributed by atoms with van der Waals surface area (Å²) in [6, 6.07) is 0. The number of allylic oxidation sites excluding steroid dienone is 1. The Kier molecular flexibility index (Phi) is 4.14. The van der Waals surface area contributed by atoms with Crippen LogP contribution in [-0.4, -0.2) is 23.3 Å². The van der Waals surface area contributed by atoms with Crippen LogP contribution in [0.15, 0.2) is 11.6 Å². The molecule has 0 amide bonds. The molecule has 1 aliphatic carbocycles. The van der Waals surface area contributed by atoms with Gasteiger partial charge < -0.3 is 9.84 Å². The lowest BCUT2D eigenvalue weighted by Crippen LogP contribution is -2.28. The van der Waals surface area contributed by atoms with Crippen molar-refractivity contribution < 1.29 is 14.6 Å². The summed E-state index contributed by atoms with van der Waals surface area (Å²) < 4.78 is 5.48. The van der Waals surface area contributed by atoms with Crippen LogP contribution in [0, 0.1) is 5.41 Å². The van der Waals surface area contributed by atoms with E-state index in [4.69, 9.17) is 9.84 Å². The molecule has 0 saturated heterocycles. The van der Waals surface area contributed by atoms with E-state index in [1.807, 2.05) is 6.92 Å². The van der Waals surface area contributed by atoms with Crippen LogP contribution in [0.1, 0.15) is 47.0 Å². The molecule has 1 aliphatic rings. The maximum Gasteiger partial charge on any atom is 0.332 e. The number of carboxylic acids is 1. The van der Waals surface area contributed by atoms with Crippen molar-refractivity contribution in [2.24, 2.45) is 5.41 Å². The third-order valence-corrected chi connectivity index (χ3v) is 3.14. The molecule has 0 aromatic rings. The summed E-state index contributed by atoms with van der Waals surface area (Å²) in [6.45, 7) is 7.93. The van der Waals surface area contributed by atoms with E-state index in [1.165, 1.54) is 12.0 Å². The Balaban J connectivity index is 2.63. The summed E-state index contributed by atoms with van der Waals surface area (Å²) in [4.78, 5) is 10.7. The second-order valence-electron chi connectivity index (χ2n) is 5.32. The number of hydrogen-bond acceptors (Lipinski definition) is 2. The molecular formula is C13H22O3. The third-order valence-electron chi connectivity index (χ3n) is 3.14. The maximum absolute atomic E-state index is 10.7. The molecule has 0 aliphatic heterocycles. The van der Waals surface area contributed by atoms with Crippen LogP contribution in [0.5, 0.6) is 0 Å². The van der Waals surface area contributed by atoms with Crippen molar-refractivity contribution >= 4 is 5.97 Å². The van der Waals surface area contributed by atoms with Gasteiger partial charge in [0, 0.05) is 0 Å². The summed E-state index contributed by atoms with van der Waals surface area (Å²) in [5, 5.41) is 8.79. The number of carbonyl (C=O) groups is 1. The van der Waals surface area contributed by atoms with Gasteiger partial charge in [-0.15, -0.1) is 0 Å². The molecule has 0 spiro atoms. The minimum absolute atomic E-state index is 0.0920. The van der Waals surface area contributed by atoms with Gasteiger partial charge in [-0.05, 0) is 44.1 Å². The normalized spacial score (nSPS) is 23.4. The largest absolute Gasteiger partial charge is 0.479 e. The van der Waals surface area contributed by atoms with Crippen LogP contribution in [0.2, 0.25) is 0 Å². The highest BCUT2D eigenvalue weighted by molar-refractivity contribution is 5.71. The molecule has 1 rings (SSSR count). The van der Waals surface area contributed by atoms with Crippen molar-refractivity contribution in [2.75, 3.05) is 0 Å². The van der Waals surface area contributed by atoms with Crippen molar-refractivity contribution in [2.45, 2.75) is 59.2 Å². The first-order valence-corrected chi connectivity index (χ1v) is 5.92. The van der Waals surface area contributed by atoms with Gasteiger partial charge in [0.2, 0.25) is 0 Å². The van der Waals surface area contributed by atoms with E-state index in [-0.39, 0.29) is 11.5 Å². The Morgan fingerprint density at radius 2 is 2.12 bits per heavy atom. The highest BCUT2D eigenvalue weighted by Gasteiger charge is 2.25. The molecule has 0 heterocycles. The van der Waals surface area contributed by atoms with Crippen molar-refractivity contribution in [1.29, 1.82) is 0 Å². The molecule has 0 aromatic carbocycles. The van der Waals surface area contributed by atoms with Crippen molar-refractivity contribution in [1.82, 2.24) is 0 Å². The number of hydrogen-bond donors (Lipinski definition) is 1. The second kappa shape index (κ2) is 5.00. The Hall–Kier alpha value is -0.830. The SMILES string of the molecule is CC(OC(C)C1=CC(C)(C)CCC1)C(=O)O. The fraction of sp³-hybridized carbons (Fsp3) is 0.769. The Morgan fingerprint density at radius 1 is 1.50 bits per heavy atom. The number of rotatable bonds is 4. The van der Waals surface area contributed by atoms with Gasteiger partial charge in [-0.25, -0.2) is 4.79 Å². The summed E-state index contributed by atoms with van der Waals surface area (Å²) in [6.07, 6.45) is 4.80. The Morgan fingerprint density at radius 3 is 2.62 bits per heavy atom. The van der Waals surface area contributed by atoms with E-state index in [9.17, 15) is 4.79 Å². The molecule has 1 N–H and O–H groups in total. The molecule has 0 bridgehead atoms. The van der Waals surface area contributed by atoms with Gasteiger partial charge in [-0.2, -0.15) is 0 Å². The van der Waals surface area contributed by atoms with E-state index in [2.05, 4.69) is 19.9 Å². The smallest absolute Gasteiger partial charge is 0.332 e. The highest BCUT2D eigenvalue weighted by atomic mass is 16.5. The Bertz CT molecular complexity index is 292. The topological polar surface area (TPSA) is 46.5 Å². The van der Waals surface area contributed by atoms with E-state index < -0.39 is 12.1 Å². The molecule has 2 unspecified atom stereocenters. The summed E-state index contributed by atoms with van der Waals surface area (Å²) in [5.41, 5.74) is 1.46. The molecule has 0 saturated carbocycles. The third kappa shape index (κ3) is 3.63. The van der Waals surface area contributed by atoms with Crippen LogP contribution in [0.25, 0.3) is 0 Å². The fourth-order valence-corrected chi connectivity index (χ4v) is 2.17. The standard InChI is InChI=1S/C13H22O3/c1-9(16-10(2)12(14)15)11-6-5-7-13(3,4)8-11/h8-10H,5-7H2,1-4H3,(H,14,15). The van der Waals surface area contributed by atoms with Gasteiger partial charge in [-0.3, -0.25) is 0 Å². The van der Waals surface area contributed by atoms with Crippen molar-refractivity contribution in [3.05, 3.63) is 11.6 Å². The van der Waals surface area contributed by atoms with Crippen LogP contribution in [-0.2, 0) is 9.53 Å². The second-order valence-corrected chi connectivity index (χ2v) is 5.32. The van der Waals surface area contributed by atoms with Gasteiger partial charge in [0.1, 0.15) is 0 Å². The summed E-state index contributed by atoms with van der Waals surface area (Å²) >= 11 is 0. The predicted octanol–water partition coefficient (Wildman–Crippen LogP) is 3.00. The summed E-state index contributed by atoms with van der Waals surface area (Å²) in [7, 11) is 0. The van der Waals surface area contributed by atoms with E-state index >= 15 is 0 Å².